The highest BCUT2D eigenvalue weighted by molar-refractivity contribution is 5.82. The average molecular weight is 246 g/mol. The maximum Gasteiger partial charge on any atom is 0.237 e. The first-order chi connectivity index (χ1) is 8.66. The molecule has 18 heavy (non-hydrogen) atoms. The van der Waals surface area contributed by atoms with Gasteiger partial charge in [-0.15, -0.1) is 0 Å². The van der Waals surface area contributed by atoms with Crippen LogP contribution in [0.5, 0.6) is 0 Å². The minimum atomic E-state index is -0.0245. The molecule has 2 rings (SSSR count). The third-order valence-electron chi connectivity index (χ3n) is 3.48. The van der Waals surface area contributed by atoms with Crippen LogP contribution in [0.4, 0.5) is 0 Å². The van der Waals surface area contributed by atoms with Gasteiger partial charge in [-0.25, -0.2) is 0 Å². The summed E-state index contributed by atoms with van der Waals surface area (Å²) in [6.45, 7) is 5.97. The molecule has 1 unspecified atom stereocenters. The van der Waals surface area contributed by atoms with Crippen LogP contribution in [0.15, 0.2) is 24.3 Å². The predicted molar refractivity (Wildman–Crippen MR) is 73.4 cm³/mol. The van der Waals surface area contributed by atoms with Crippen LogP contribution in [0.3, 0.4) is 0 Å². The molecule has 3 nitrogen and oxygen atoms in total. The highest BCUT2D eigenvalue weighted by atomic mass is 16.2. The molecule has 0 aromatic heterocycles. The second-order valence-corrected chi connectivity index (χ2v) is 5.26. The molecule has 1 atom stereocenters. The van der Waals surface area contributed by atoms with Gasteiger partial charge in [-0.1, -0.05) is 38.1 Å². The highest BCUT2D eigenvalue weighted by Crippen LogP contribution is 2.14. The van der Waals surface area contributed by atoms with Gasteiger partial charge in [0.1, 0.15) is 0 Å². The Bertz CT molecular complexity index is 397. The van der Waals surface area contributed by atoms with Gasteiger partial charge in [-0.3, -0.25) is 4.79 Å². The van der Waals surface area contributed by atoms with Crippen molar-refractivity contribution in [1.82, 2.24) is 10.6 Å². The summed E-state index contributed by atoms with van der Waals surface area (Å²) >= 11 is 0. The van der Waals surface area contributed by atoms with Crippen LogP contribution in [0, 0.1) is 0 Å². The predicted octanol–water partition coefficient (Wildman–Crippen LogP) is 2.18. The van der Waals surface area contributed by atoms with Gasteiger partial charge in [0.15, 0.2) is 0 Å². The SMILES string of the molecule is CC(C)c1ccc(CNC2CCCNC2=O)cc1. The molecule has 2 N–H and O–H groups in total. The molecular weight excluding hydrogens is 224 g/mol. The molecule has 0 bridgehead atoms. The van der Waals surface area contributed by atoms with Crippen LogP contribution < -0.4 is 10.6 Å². The molecule has 1 aliphatic rings. The molecule has 98 valence electrons. The molecule has 0 radical (unpaired) electrons. The van der Waals surface area contributed by atoms with Gasteiger partial charge < -0.3 is 10.6 Å². The number of nitrogens with one attached hydrogen (secondary N) is 2. The van der Waals surface area contributed by atoms with Crippen LogP contribution in [-0.2, 0) is 11.3 Å². The molecule has 1 aromatic carbocycles. The van der Waals surface area contributed by atoms with Gasteiger partial charge in [0, 0.05) is 13.1 Å². The van der Waals surface area contributed by atoms with Gasteiger partial charge in [-0.05, 0) is 29.9 Å². The van der Waals surface area contributed by atoms with Crippen molar-refractivity contribution in [2.45, 2.75) is 45.2 Å². The number of rotatable bonds is 4. The van der Waals surface area contributed by atoms with Gasteiger partial charge in [-0.2, -0.15) is 0 Å². The molecule has 1 heterocycles. The topological polar surface area (TPSA) is 41.1 Å². The van der Waals surface area contributed by atoms with Gasteiger partial charge in [0.25, 0.3) is 0 Å². The van der Waals surface area contributed by atoms with Crippen molar-refractivity contribution in [3.8, 4) is 0 Å². The number of benzene rings is 1. The van der Waals surface area contributed by atoms with Crippen LogP contribution in [0.25, 0.3) is 0 Å². The fourth-order valence-corrected chi connectivity index (χ4v) is 2.23. The summed E-state index contributed by atoms with van der Waals surface area (Å²) < 4.78 is 0. The van der Waals surface area contributed by atoms with Crippen molar-refractivity contribution in [2.75, 3.05) is 6.54 Å². The smallest absolute Gasteiger partial charge is 0.237 e. The maximum absolute atomic E-state index is 11.6. The van der Waals surface area contributed by atoms with E-state index >= 15 is 0 Å². The van der Waals surface area contributed by atoms with Crippen molar-refractivity contribution >= 4 is 5.91 Å². The highest BCUT2D eigenvalue weighted by Gasteiger charge is 2.20. The Morgan fingerprint density at radius 1 is 1.33 bits per heavy atom. The first-order valence-corrected chi connectivity index (χ1v) is 6.77. The number of hydrogen-bond acceptors (Lipinski definition) is 2. The van der Waals surface area contributed by atoms with E-state index in [2.05, 4.69) is 48.7 Å². The number of piperidine rings is 1. The second-order valence-electron chi connectivity index (χ2n) is 5.26. The van der Waals surface area contributed by atoms with E-state index in [4.69, 9.17) is 0 Å². The van der Waals surface area contributed by atoms with Crippen molar-refractivity contribution in [3.63, 3.8) is 0 Å². The van der Waals surface area contributed by atoms with Gasteiger partial charge in [0.2, 0.25) is 5.91 Å². The van der Waals surface area contributed by atoms with E-state index in [0.717, 1.165) is 25.9 Å². The third-order valence-corrected chi connectivity index (χ3v) is 3.48. The fraction of sp³-hybridized carbons (Fsp3) is 0.533. The molecule has 1 saturated heterocycles. The molecule has 0 aliphatic carbocycles. The monoisotopic (exact) mass is 246 g/mol. The normalized spacial score (nSPS) is 19.9. The Hall–Kier alpha value is -1.35. The molecule has 1 aliphatic heterocycles. The van der Waals surface area contributed by atoms with Gasteiger partial charge >= 0.3 is 0 Å². The van der Waals surface area contributed by atoms with Crippen molar-refractivity contribution in [1.29, 1.82) is 0 Å². The minimum absolute atomic E-state index is 0.0245. The van der Waals surface area contributed by atoms with E-state index in [9.17, 15) is 4.79 Å². The standard InChI is InChI=1S/C15H22N2O/c1-11(2)13-7-5-12(6-8-13)10-17-14-4-3-9-16-15(14)18/h5-8,11,14,17H,3-4,9-10H2,1-2H3,(H,16,18). The average Bonchev–Trinajstić information content (AvgIpc) is 2.38. The first kappa shape index (κ1) is 13.1. The lowest BCUT2D eigenvalue weighted by Gasteiger charge is -2.22. The Balaban J connectivity index is 1.87. The zero-order valence-electron chi connectivity index (χ0n) is 11.2. The van der Waals surface area contributed by atoms with Crippen molar-refractivity contribution < 1.29 is 4.79 Å². The van der Waals surface area contributed by atoms with Crippen LogP contribution >= 0.6 is 0 Å². The van der Waals surface area contributed by atoms with E-state index in [0.29, 0.717) is 5.92 Å². The van der Waals surface area contributed by atoms with Crippen LogP contribution in [-0.4, -0.2) is 18.5 Å². The molecular formula is C15H22N2O. The van der Waals surface area contributed by atoms with Gasteiger partial charge in [0.05, 0.1) is 6.04 Å². The largest absolute Gasteiger partial charge is 0.355 e. The van der Waals surface area contributed by atoms with E-state index in [1.165, 1.54) is 11.1 Å². The Morgan fingerprint density at radius 3 is 2.67 bits per heavy atom. The first-order valence-electron chi connectivity index (χ1n) is 6.77. The fourth-order valence-electron chi connectivity index (χ4n) is 2.23. The van der Waals surface area contributed by atoms with E-state index in [1.54, 1.807) is 0 Å². The number of amides is 1. The summed E-state index contributed by atoms with van der Waals surface area (Å²) in [5, 5.41) is 6.22. The molecule has 1 amide bonds. The summed E-state index contributed by atoms with van der Waals surface area (Å²) in [5.74, 6) is 0.705. The van der Waals surface area contributed by atoms with E-state index in [-0.39, 0.29) is 11.9 Å². The number of carbonyl (C=O) groups is 1. The Labute approximate surface area is 109 Å². The summed E-state index contributed by atoms with van der Waals surface area (Å²) in [5.41, 5.74) is 2.59. The second kappa shape index (κ2) is 6.01. The maximum atomic E-state index is 11.6. The van der Waals surface area contributed by atoms with Crippen molar-refractivity contribution in [2.24, 2.45) is 0 Å². The molecule has 0 spiro atoms. The zero-order valence-corrected chi connectivity index (χ0v) is 11.2. The van der Waals surface area contributed by atoms with E-state index in [1.807, 2.05) is 0 Å². The summed E-state index contributed by atoms with van der Waals surface area (Å²) in [7, 11) is 0. The quantitative estimate of drug-likeness (QED) is 0.855. The number of hydrogen-bond donors (Lipinski definition) is 2. The minimum Gasteiger partial charge on any atom is -0.355 e. The lowest BCUT2D eigenvalue weighted by molar-refractivity contribution is -0.124. The Kier molecular flexibility index (Phi) is 4.37. The molecule has 1 aromatic rings. The summed E-state index contributed by atoms with van der Waals surface area (Å²) in [4.78, 5) is 11.6. The summed E-state index contributed by atoms with van der Waals surface area (Å²) in [6.07, 6.45) is 2.01. The lowest BCUT2D eigenvalue weighted by atomic mass is 10.0. The summed E-state index contributed by atoms with van der Waals surface area (Å²) in [6, 6.07) is 8.60. The molecule has 3 heteroatoms. The van der Waals surface area contributed by atoms with Crippen LogP contribution in [0.1, 0.15) is 43.7 Å². The lowest BCUT2D eigenvalue weighted by Crippen LogP contribution is -2.47. The molecule has 0 saturated carbocycles. The van der Waals surface area contributed by atoms with Crippen molar-refractivity contribution in [3.05, 3.63) is 35.4 Å². The third kappa shape index (κ3) is 3.33. The molecule has 1 fully saturated rings. The Morgan fingerprint density at radius 2 is 2.06 bits per heavy atom. The number of carbonyl (C=O) groups excluding carboxylic acids is 1. The van der Waals surface area contributed by atoms with E-state index < -0.39 is 0 Å². The van der Waals surface area contributed by atoms with Crippen LogP contribution in [0.2, 0.25) is 0 Å². The zero-order chi connectivity index (χ0) is 13.0.